The van der Waals surface area contributed by atoms with Gasteiger partial charge in [-0.2, -0.15) is 5.10 Å². The number of hydrogen-bond acceptors (Lipinski definition) is 4. The Morgan fingerprint density at radius 1 is 1.11 bits per heavy atom. The largest absolute Gasteiger partial charge is 0.481 e. The number of benzene rings is 2. The number of carbonyl (C=O) groups is 2. The summed E-state index contributed by atoms with van der Waals surface area (Å²) in [6.07, 6.45) is -0.658. The van der Waals surface area contributed by atoms with Crippen molar-refractivity contribution in [3.8, 4) is 0 Å². The van der Waals surface area contributed by atoms with Gasteiger partial charge in [0.15, 0.2) is 5.78 Å². The van der Waals surface area contributed by atoms with Crippen LogP contribution in [0.25, 0.3) is 0 Å². The zero-order valence-electron chi connectivity index (χ0n) is 16.1. The Morgan fingerprint density at radius 3 is 2.39 bits per heavy atom. The molecule has 3 N–H and O–H groups in total. The third-order valence-electron chi connectivity index (χ3n) is 4.94. The van der Waals surface area contributed by atoms with Crippen LogP contribution in [0.15, 0.2) is 48.5 Å². The van der Waals surface area contributed by atoms with Gasteiger partial charge in [-0.05, 0) is 31.9 Å². The predicted molar refractivity (Wildman–Crippen MR) is 106 cm³/mol. The highest BCUT2D eigenvalue weighted by atomic mass is 16.4. The van der Waals surface area contributed by atoms with Crippen molar-refractivity contribution in [2.24, 2.45) is 5.73 Å². The summed E-state index contributed by atoms with van der Waals surface area (Å²) in [5.74, 6) is -0.938. The Balaban J connectivity index is 1.92. The first kappa shape index (κ1) is 19.5. The summed E-state index contributed by atoms with van der Waals surface area (Å²) in [5.41, 5.74) is 11.4. The van der Waals surface area contributed by atoms with Crippen molar-refractivity contribution < 1.29 is 14.7 Å². The molecule has 1 aromatic heterocycles. The van der Waals surface area contributed by atoms with Gasteiger partial charge >= 0.3 is 5.97 Å². The number of hydrogen-bond donors (Lipinski definition) is 2. The second-order valence-corrected chi connectivity index (χ2v) is 6.88. The average Bonchev–Trinajstić information content (AvgIpc) is 2.95. The molecule has 0 bridgehead atoms. The van der Waals surface area contributed by atoms with Gasteiger partial charge < -0.3 is 10.8 Å². The van der Waals surface area contributed by atoms with E-state index in [2.05, 4.69) is 5.10 Å². The fourth-order valence-electron chi connectivity index (χ4n) is 3.39. The van der Waals surface area contributed by atoms with Gasteiger partial charge in [0.2, 0.25) is 0 Å². The second-order valence-electron chi connectivity index (χ2n) is 6.88. The number of aryl methyl sites for hydroxylation is 2. The molecule has 28 heavy (non-hydrogen) atoms. The van der Waals surface area contributed by atoms with Crippen LogP contribution < -0.4 is 5.73 Å². The number of ketones is 1. The molecule has 0 aliphatic rings. The van der Waals surface area contributed by atoms with E-state index in [-0.39, 0.29) is 12.2 Å². The highest BCUT2D eigenvalue weighted by Crippen LogP contribution is 2.23. The van der Waals surface area contributed by atoms with Crippen LogP contribution in [0.5, 0.6) is 0 Å². The Labute approximate surface area is 163 Å². The maximum atomic E-state index is 12.7. The molecule has 0 spiro atoms. The Bertz CT molecular complexity index is 1040. The first-order chi connectivity index (χ1) is 13.3. The molecule has 6 nitrogen and oxygen atoms in total. The summed E-state index contributed by atoms with van der Waals surface area (Å²) in [6, 6.07) is 14.6. The van der Waals surface area contributed by atoms with E-state index in [1.54, 1.807) is 29.8 Å². The van der Waals surface area contributed by atoms with Crippen molar-refractivity contribution in [3.63, 3.8) is 0 Å². The highest BCUT2D eigenvalue weighted by molar-refractivity contribution is 6.09. The minimum atomic E-state index is -0.904. The lowest BCUT2D eigenvalue weighted by Crippen LogP contribution is -2.23. The van der Waals surface area contributed by atoms with Crippen molar-refractivity contribution in [3.05, 3.63) is 87.7 Å². The summed E-state index contributed by atoms with van der Waals surface area (Å²) in [5, 5.41) is 13.5. The Morgan fingerprint density at radius 2 is 1.79 bits per heavy atom. The average molecular weight is 377 g/mol. The monoisotopic (exact) mass is 377 g/mol. The lowest BCUT2D eigenvalue weighted by molar-refractivity contribution is -0.136. The maximum Gasteiger partial charge on any atom is 0.307 e. The number of rotatable bonds is 6. The number of nitrogens with zero attached hydrogens (tertiary/aromatic N) is 2. The lowest BCUT2D eigenvalue weighted by atomic mass is 9.96. The van der Waals surface area contributed by atoms with E-state index in [4.69, 9.17) is 10.8 Å². The maximum absolute atomic E-state index is 12.7. The van der Waals surface area contributed by atoms with Crippen LogP contribution in [0.4, 0.5) is 0 Å². The first-order valence-electron chi connectivity index (χ1n) is 9.02. The summed E-state index contributed by atoms with van der Waals surface area (Å²) < 4.78 is 1.64. The standard InChI is InChI=1S/C22H23N3O3/c1-13-11-17(9-10-18(13)21(28)16-7-5-4-6-8-16)22(23)25-15(3)19(12-20(26)27)14(2)24-25/h4-11,22H,12,23H2,1-3H3,(H,26,27). The molecule has 0 saturated heterocycles. The molecular weight excluding hydrogens is 354 g/mol. The number of carboxylic acids is 1. The van der Waals surface area contributed by atoms with Gasteiger partial charge in [0, 0.05) is 22.4 Å². The van der Waals surface area contributed by atoms with Crippen LogP contribution >= 0.6 is 0 Å². The molecule has 0 saturated carbocycles. The van der Waals surface area contributed by atoms with Crippen LogP contribution in [-0.4, -0.2) is 26.6 Å². The number of nitrogens with two attached hydrogens (primary N) is 1. The van der Waals surface area contributed by atoms with Crippen LogP contribution in [0, 0.1) is 20.8 Å². The first-order valence-corrected chi connectivity index (χ1v) is 9.02. The number of carbonyl (C=O) groups excluding carboxylic acids is 1. The van der Waals surface area contributed by atoms with E-state index >= 15 is 0 Å². The predicted octanol–water partition coefficient (Wildman–Crippen LogP) is 3.17. The van der Waals surface area contributed by atoms with Crippen LogP contribution in [0.3, 0.4) is 0 Å². The van der Waals surface area contributed by atoms with E-state index in [9.17, 15) is 9.59 Å². The van der Waals surface area contributed by atoms with E-state index in [1.807, 2.05) is 44.2 Å². The van der Waals surface area contributed by atoms with Crippen molar-refractivity contribution >= 4 is 11.8 Å². The van der Waals surface area contributed by atoms with Crippen molar-refractivity contribution in [2.75, 3.05) is 0 Å². The molecule has 0 aliphatic heterocycles. The van der Waals surface area contributed by atoms with E-state index in [0.717, 1.165) is 16.8 Å². The van der Waals surface area contributed by atoms with Gasteiger partial charge in [-0.1, -0.05) is 48.5 Å². The van der Waals surface area contributed by atoms with Gasteiger partial charge in [0.25, 0.3) is 0 Å². The molecule has 144 valence electrons. The summed E-state index contributed by atoms with van der Waals surface area (Å²) >= 11 is 0. The minimum Gasteiger partial charge on any atom is -0.481 e. The SMILES string of the molecule is Cc1cc(C(N)n2nc(C)c(CC(=O)O)c2C)ccc1C(=O)c1ccccc1. The summed E-state index contributed by atoms with van der Waals surface area (Å²) in [4.78, 5) is 23.8. The minimum absolute atomic E-state index is 0.0342. The van der Waals surface area contributed by atoms with Crippen LogP contribution in [0.2, 0.25) is 0 Å². The van der Waals surface area contributed by atoms with E-state index in [0.29, 0.717) is 22.4 Å². The van der Waals surface area contributed by atoms with Gasteiger partial charge in [0.1, 0.15) is 6.17 Å². The molecule has 0 radical (unpaired) electrons. The summed E-state index contributed by atoms with van der Waals surface area (Å²) in [6.45, 7) is 5.48. The van der Waals surface area contributed by atoms with Crippen LogP contribution in [-0.2, 0) is 11.2 Å². The highest BCUT2D eigenvalue weighted by Gasteiger charge is 2.20. The lowest BCUT2D eigenvalue weighted by Gasteiger charge is -2.17. The molecule has 6 heteroatoms. The topological polar surface area (TPSA) is 98.2 Å². The Kier molecular flexibility index (Phi) is 5.42. The third kappa shape index (κ3) is 3.73. The van der Waals surface area contributed by atoms with E-state index in [1.165, 1.54) is 0 Å². The van der Waals surface area contributed by atoms with Crippen molar-refractivity contribution in [1.82, 2.24) is 9.78 Å². The molecule has 0 fully saturated rings. The normalized spacial score (nSPS) is 12.0. The number of aromatic nitrogens is 2. The molecule has 3 aromatic rings. The van der Waals surface area contributed by atoms with Gasteiger partial charge in [-0.3, -0.25) is 9.59 Å². The molecule has 1 heterocycles. The quantitative estimate of drug-likeness (QED) is 0.643. The molecule has 3 rings (SSSR count). The molecule has 1 atom stereocenters. The van der Waals surface area contributed by atoms with Crippen molar-refractivity contribution in [2.45, 2.75) is 33.4 Å². The van der Waals surface area contributed by atoms with E-state index < -0.39 is 12.1 Å². The number of carboxylic acid groups (broad SMARTS) is 1. The smallest absolute Gasteiger partial charge is 0.307 e. The second kappa shape index (κ2) is 7.78. The molecule has 0 amide bonds. The molecule has 1 unspecified atom stereocenters. The van der Waals surface area contributed by atoms with Gasteiger partial charge in [0.05, 0.1) is 12.1 Å². The molecular formula is C22H23N3O3. The fraction of sp³-hybridized carbons (Fsp3) is 0.227. The van der Waals surface area contributed by atoms with Gasteiger partial charge in [-0.15, -0.1) is 0 Å². The third-order valence-corrected chi connectivity index (χ3v) is 4.94. The molecule has 0 aliphatic carbocycles. The summed E-state index contributed by atoms with van der Waals surface area (Å²) in [7, 11) is 0. The Hall–Kier alpha value is -3.25. The zero-order valence-corrected chi connectivity index (χ0v) is 16.1. The number of aliphatic carboxylic acids is 1. The zero-order chi connectivity index (χ0) is 20.4. The fourth-order valence-corrected chi connectivity index (χ4v) is 3.39. The van der Waals surface area contributed by atoms with Crippen molar-refractivity contribution in [1.29, 1.82) is 0 Å². The molecule has 2 aromatic carbocycles. The van der Waals surface area contributed by atoms with Crippen LogP contribution in [0.1, 0.15) is 50.2 Å². The van der Waals surface area contributed by atoms with Gasteiger partial charge in [-0.25, -0.2) is 4.68 Å².